The van der Waals surface area contributed by atoms with E-state index >= 15 is 0 Å². The van der Waals surface area contributed by atoms with E-state index in [0.717, 1.165) is 18.4 Å². The molecule has 1 fully saturated rings. The summed E-state index contributed by atoms with van der Waals surface area (Å²) >= 11 is 0. The smallest absolute Gasteiger partial charge is 0.416 e. The van der Waals surface area contributed by atoms with Gasteiger partial charge in [0.05, 0.1) is 13.0 Å². The van der Waals surface area contributed by atoms with Crippen molar-refractivity contribution in [1.29, 1.82) is 0 Å². The van der Waals surface area contributed by atoms with Crippen molar-refractivity contribution in [3.8, 4) is 0 Å². The minimum absolute atomic E-state index is 0.0325. The molecule has 1 aliphatic heterocycles. The van der Waals surface area contributed by atoms with E-state index in [9.17, 15) is 9.59 Å². The van der Waals surface area contributed by atoms with Gasteiger partial charge in [-0.25, -0.2) is 9.69 Å². The number of nitrogens with zero attached hydrogens (tertiary/aromatic N) is 1. The summed E-state index contributed by atoms with van der Waals surface area (Å²) < 4.78 is 4.68. The van der Waals surface area contributed by atoms with Crippen molar-refractivity contribution in [1.82, 2.24) is 4.90 Å². The van der Waals surface area contributed by atoms with Crippen LogP contribution in [0.3, 0.4) is 0 Å². The SMILES string of the molecule is COC(=O)N1C(=O)C2CC1Cc1ccccc12. The maximum atomic E-state index is 12.2. The lowest BCUT2D eigenvalue weighted by Crippen LogP contribution is -2.39. The van der Waals surface area contributed by atoms with Crippen LogP contribution in [0.5, 0.6) is 0 Å². The monoisotopic (exact) mass is 231 g/mol. The molecule has 0 radical (unpaired) electrons. The number of methoxy groups -OCH3 is 1. The number of likely N-dealkylation sites (tertiary alicyclic amines) is 1. The van der Waals surface area contributed by atoms with Gasteiger partial charge in [0.2, 0.25) is 5.91 Å². The third-order valence-electron chi connectivity index (χ3n) is 3.67. The molecule has 2 aliphatic rings. The Morgan fingerprint density at radius 1 is 1.41 bits per heavy atom. The van der Waals surface area contributed by atoms with Gasteiger partial charge >= 0.3 is 6.09 Å². The van der Waals surface area contributed by atoms with Gasteiger partial charge in [0.25, 0.3) is 0 Å². The van der Waals surface area contributed by atoms with E-state index < -0.39 is 6.09 Å². The predicted molar refractivity (Wildman–Crippen MR) is 60.5 cm³/mol. The summed E-state index contributed by atoms with van der Waals surface area (Å²) in [4.78, 5) is 25.1. The zero-order valence-corrected chi connectivity index (χ0v) is 9.55. The number of hydrogen-bond acceptors (Lipinski definition) is 3. The zero-order valence-electron chi connectivity index (χ0n) is 9.55. The highest BCUT2D eigenvalue weighted by atomic mass is 16.5. The van der Waals surface area contributed by atoms with Gasteiger partial charge in [0, 0.05) is 6.04 Å². The Morgan fingerprint density at radius 3 is 2.94 bits per heavy atom. The van der Waals surface area contributed by atoms with Crippen LogP contribution in [0.1, 0.15) is 23.5 Å². The standard InChI is InChI=1S/C13H13NO3/c1-17-13(16)14-9-6-8-4-2-3-5-10(8)11(7-9)12(14)15/h2-5,9,11H,6-7H2,1H3. The first-order valence-electron chi connectivity index (χ1n) is 5.71. The van der Waals surface area contributed by atoms with Gasteiger partial charge in [-0.2, -0.15) is 0 Å². The van der Waals surface area contributed by atoms with Crippen LogP contribution in [0, 0.1) is 0 Å². The summed E-state index contributed by atoms with van der Waals surface area (Å²) in [6, 6.07) is 7.89. The number of carbonyl (C=O) groups excluding carboxylic acids is 2. The van der Waals surface area contributed by atoms with E-state index in [4.69, 9.17) is 0 Å². The van der Waals surface area contributed by atoms with Crippen molar-refractivity contribution in [3.05, 3.63) is 35.4 Å². The Morgan fingerprint density at radius 2 is 2.18 bits per heavy atom. The molecule has 88 valence electrons. The van der Waals surface area contributed by atoms with E-state index in [2.05, 4.69) is 4.74 Å². The summed E-state index contributed by atoms with van der Waals surface area (Å²) in [7, 11) is 1.31. The first-order valence-corrected chi connectivity index (χ1v) is 5.71. The molecule has 2 bridgehead atoms. The fourth-order valence-corrected chi connectivity index (χ4v) is 2.91. The van der Waals surface area contributed by atoms with Gasteiger partial charge in [-0.3, -0.25) is 4.79 Å². The van der Waals surface area contributed by atoms with Crippen LogP contribution in [-0.4, -0.2) is 30.1 Å². The second-order valence-corrected chi connectivity index (χ2v) is 4.52. The van der Waals surface area contributed by atoms with Crippen LogP contribution in [-0.2, 0) is 16.0 Å². The summed E-state index contributed by atoms with van der Waals surface area (Å²) in [6.45, 7) is 0. The highest BCUT2D eigenvalue weighted by molar-refractivity contribution is 5.99. The first kappa shape index (κ1) is 10.3. The Kier molecular flexibility index (Phi) is 2.18. The molecule has 0 saturated carbocycles. The lowest BCUT2D eigenvalue weighted by Gasteiger charge is -2.22. The molecule has 0 aromatic heterocycles. The van der Waals surface area contributed by atoms with Gasteiger partial charge < -0.3 is 4.74 Å². The third-order valence-corrected chi connectivity index (χ3v) is 3.67. The second-order valence-electron chi connectivity index (χ2n) is 4.52. The van der Waals surface area contributed by atoms with Crippen LogP contribution in [0.25, 0.3) is 0 Å². The fraction of sp³-hybridized carbons (Fsp3) is 0.385. The molecule has 1 aromatic carbocycles. The number of rotatable bonds is 0. The number of fused-ring (bicyclic) bond motifs is 4. The third kappa shape index (κ3) is 1.37. The molecule has 17 heavy (non-hydrogen) atoms. The van der Waals surface area contributed by atoms with Crippen molar-refractivity contribution in [3.63, 3.8) is 0 Å². The normalized spacial score (nSPS) is 25.7. The molecule has 1 aromatic rings. The van der Waals surface area contributed by atoms with Crippen molar-refractivity contribution in [2.45, 2.75) is 24.8 Å². The minimum atomic E-state index is -0.532. The van der Waals surface area contributed by atoms with Gasteiger partial charge in [0.1, 0.15) is 0 Å². The van der Waals surface area contributed by atoms with Crippen LogP contribution < -0.4 is 0 Å². The van der Waals surface area contributed by atoms with E-state index in [1.54, 1.807) is 0 Å². The molecule has 2 unspecified atom stereocenters. The van der Waals surface area contributed by atoms with Crippen molar-refractivity contribution in [2.24, 2.45) is 0 Å². The maximum absolute atomic E-state index is 12.2. The maximum Gasteiger partial charge on any atom is 0.416 e. The Balaban J connectivity index is 2.02. The average Bonchev–Trinajstić information content (AvgIpc) is 2.62. The van der Waals surface area contributed by atoms with Gasteiger partial charge in [-0.15, -0.1) is 0 Å². The molecule has 4 heteroatoms. The number of carbonyl (C=O) groups is 2. The molecule has 0 N–H and O–H groups in total. The molecule has 1 aliphatic carbocycles. The summed E-state index contributed by atoms with van der Waals surface area (Å²) in [5.41, 5.74) is 2.24. The molecular weight excluding hydrogens is 218 g/mol. The van der Waals surface area contributed by atoms with E-state index in [0.29, 0.717) is 0 Å². The largest absolute Gasteiger partial charge is 0.452 e. The van der Waals surface area contributed by atoms with E-state index in [-0.39, 0.29) is 17.9 Å². The molecule has 3 rings (SSSR count). The average molecular weight is 231 g/mol. The number of amides is 2. The van der Waals surface area contributed by atoms with Crippen molar-refractivity contribution < 1.29 is 14.3 Å². The van der Waals surface area contributed by atoms with Crippen molar-refractivity contribution >= 4 is 12.0 Å². The lowest BCUT2D eigenvalue weighted by atomic mass is 9.83. The van der Waals surface area contributed by atoms with Gasteiger partial charge in [0.15, 0.2) is 0 Å². The highest BCUT2D eigenvalue weighted by Gasteiger charge is 2.47. The summed E-state index contributed by atoms with van der Waals surface area (Å²) in [5, 5.41) is 0. The highest BCUT2D eigenvalue weighted by Crippen LogP contribution is 2.41. The van der Waals surface area contributed by atoms with E-state index in [1.165, 1.54) is 17.6 Å². The zero-order chi connectivity index (χ0) is 12.0. The first-order chi connectivity index (χ1) is 8.22. The molecular formula is C13H13NO3. The molecule has 2 atom stereocenters. The van der Waals surface area contributed by atoms with E-state index in [1.807, 2.05) is 24.3 Å². The number of hydrogen-bond donors (Lipinski definition) is 0. The Bertz CT molecular complexity index is 497. The number of imide groups is 1. The molecule has 1 heterocycles. The van der Waals surface area contributed by atoms with Gasteiger partial charge in [-0.05, 0) is 24.0 Å². The Hall–Kier alpha value is -1.84. The second kappa shape index (κ2) is 3.58. The van der Waals surface area contributed by atoms with Crippen LogP contribution in [0.4, 0.5) is 4.79 Å². The molecule has 1 saturated heterocycles. The summed E-state index contributed by atoms with van der Waals surface area (Å²) in [5.74, 6) is -0.282. The van der Waals surface area contributed by atoms with Crippen molar-refractivity contribution in [2.75, 3.05) is 7.11 Å². The lowest BCUT2D eigenvalue weighted by molar-refractivity contribution is -0.128. The minimum Gasteiger partial charge on any atom is -0.452 e. The quantitative estimate of drug-likeness (QED) is 0.682. The molecule has 2 amide bonds. The topological polar surface area (TPSA) is 46.6 Å². The van der Waals surface area contributed by atoms with Crippen LogP contribution in [0.15, 0.2) is 24.3 Å². The van der Waals surface area contributed by atoms with Gasteiger partial charge in [-0.1, -0.05) is 24.3 Å². The van der Waals surface area contributed by atoms with Crippen LogP contribution >= 0.6 is 0 Å². The number of benzene rings is 1. The fourth-order valence-electron chi connectivity index (χ4n) is 2.91. The Labute approximate surface area is 99.2 Å². The number of ether oxygens (including phenoxy) is 1. The van der Waals surface area contributed by atoms with Crippen LogP contribution in [0.2, 0.25) is 0 Å². The molecule has 4 nitrogen and oxygen atoms in total. The summed E-state index contributed by atoms with van der Waals surface area (Å²) in [6.07, 6.45) is 0.939. The molecule has 0 spiro atoms. The predicted octanol–water partition coefficient (Wildman–Crippen LogP) is 1.69.